The molecule has 0 aliphatic heterocycles. The molecule has 0 heterocycles. The third-order valence-corrected chi connectivity index (χ3v) is 17.2. The van der Waals surface area contributed by atoms with Crippen LogP contribution in [0.3, 0.4) is 0 Å². The van der Waals surface area contributed by atoms with Crippen LogP contribution in [0.5, 0.6) is 0 Å². The molecular formula is C56H64O18S5. The summed E-state index contributed by atoms with van der Waals surface area (Å²) in [6.45, 7) is 16.0. The Balaban J connectivity index is 0.000000707. The van der Waals surface area contributed by atoms with E-state index in [0.29, 0.717) is 24.0 Å². The summed E-state index contributed by atoms with van der Waals surface area (Å²) in [5.74, 6) is -5.61. The second-order valence-electron chi connectivity index (χ2n) is 18.0. The molecule has 2 unspecified atom stereocenters. The van der Waals surface area contributed by atoms with Crippen LogP contribution >= 0.6 is 0 Å². The molecule has 2 atom stereocenters. The van der Waals surface area contributed by atoms with Crippen molar-refractivity contribution in [3.8, 4) is 0 Å². The molecule has 0 aliphatic carbocycles. The zero-order valence-electron chi connectivity index (χ0n) is 43.8. The maximum atomic E-state index is 13.6. The molecule has 5 rings (SSSR count). The van der Waals surface area contributed by atoms with Crippen molar-refractivity contribution in [1.29, 1.82) is 0 Å². The standard InChI is InChI=1S/C31H34O7S2.C24H26O5S.CH4.2O3S/c1-5-29(32)23(4)18-30(33)24-10-12-25(13-11-24)31(34)26(19-39(35,36)27-14-6-21(2)7-15-27)20-40(37,38)28-16-8-22(3)9-17-28;1-5-22(25)17(3)14-23(26)19-8-10-20(11-9-19)24(27)18(4)15-30(28,29)21-12-6-16(2)7-13-21;;2*1-4(2)3/h6-17,23,26H,5,18-20H2,1-4H3;6-13,17H,4-5,14-15H2,1-3H3;1H4;;. The van der Waals surface area contributed by atoms with Gasteiger partial charge in [0, 0.05) is 65.3 Å². The highest BCUT2D eigenvalue weighted by molar-refractivity contribution is 7.92. The first-order valence-electron chi connectivity index (χ1n) is 23.7. The second-order valence-corrected chi connectivity index (χ2v) is 24.9. The van der Waals surface area contributed by atoms with Crippen molar-refractivity contribution in [3.63, 3.8) is 0 Å². The molecule has 0 aromatic heterocycles. The first-order valence-corrected chi connectivity index (χ1v) is 30.7. The molecule has 0 radical (unpaired) electrons. The summed E-state index contributed by atoms with van der Waals surface area (Å²) in [6, 6.07) is 30.4. The van der Waals surface area contributed by atoms with Gasteiger partial charge in [-0.3, -0.25) is 28.8 Å². The molecule has 0 bridgehead atoms. The predicted octanol–water partition coefficient (Wildman–Crippen LogP) is 8.26. The Bertz CT molecular complexity index is 3440. The van der Waals surface area contributed by atoms with Crippen molar-refractivity contribution in [2.75, 3.05) is 17.3 Å². The SMILES string of the molecule is C.C=C(CS(=O)(=O)c1ccc(C)cc1)C(=O)c1ccc(C(=O)CC(C)C(=O)CC)cc1.CCC(=O)C(C)CC(=O)c1ccc(C(=O)C(CS(=O)(=O)c2ccc(C)cc2)CS(=O)(=O)c2ccc(C)cc2)cc1.O=S(=O)=O.O=S(=O)=O. The van der Waals surface area contributed by atoms with E-state index in [4.69, 9.17) is 25.3 Å². The zero-order valence-corrected chi connectivity index (χ0v) is 47.9. The predicted molar refractivity (Wildman–Crippen MR) is 297 cm³/mol. The van der Waals surface area contributed by atoms with Crippen LogP contribution < -0.4 is 0 Å². The van der Waals surface area contributed by atoms with Gasteiger partial charge in [-0.05, 0) is 57.2 Å². The summed E-state index contributed by atoms with van der Waals surface area (Å²) >= 11 is 0. The molecule has 0 saturated carbocycles. The quantitative estimate of drug-likeness (QED) is 0.0439. The number of aryl methyl sites for hydroxylation is 3. The molecule has 0 aliphatic rings. The molecule has 79 heavy (non-hydrogen) atoms. The van der Waals surface area contributed by atoms with Crippen molar-refractivity contribution in [1.82, 2.24) is 0 Å². The van der Waals surface area contributed by atoms with E-state index in [1.54, 1.807) is 64.1 Å². The Morgan fingerprint density at radius 3 is 1.00 bits per heavy atom. The Morgan fingerprint density at radius 2 is 0.709 bits per heavy atom. The third kappa shape index (κ3) is 23.4. The van der Waals surface area contributed by atoms with Crippen LogP contribution in [0.25, 0.3) is 0 Å². The van der Waals surface area contributed by atoms with Crippen molar-refractivity contribution >= 4 is 85.4 Å². The lowest BCUT2D eigenvalue weighted by atomic mass is 9.93. The molecule has 0 N–H and O–H groups in total. The van der Waals surface area contributed by atoms with Crippen LogP contribution in [-0.2, 0) is 60.3 Å². The highest BCUT2D eigenvalue weighted by Crippen LogP contribution is 2.25. The highest BCUT2D eigenvalue weighted by atomic mass is 32.2. The van der Waals surface area contributed by atoms with Gasteiger partial charge in [-0.1, -0.05) is 143 Å². The lowest BCUT2D eigenvalue weighted by molar-refractivity contribution is -0.122. The highest BCUT2D eigenvalue weighted by Gasteiger charge is 2.33. The number of Topliss-reactive ketones (excluding diaryl/α,β-unsaturated/α-hetero) is 6. The number of sulfone groups is 3. The van der Waals surface area contributed by atoms with E-state index in [1.165, 1.54) is 84.9 Å². The van der Waals surface area contributed by atoms with Crippen LogP contribution in [0.4, 0.5) is 0 Å². The average molecular weight is 1190 g/mol. The molecule has 5 aromatic carbocycles. The van der Waals surface area contributed by atoms with E-state index in [0.717, 1.165) is 16.7 Å². The van der Waals surface area contributed by atoms with E-state index < -0.39 is 91.4 Å². The lowest BCUT2D eigenvalue weighted by Gasteiger charge is -2.17. The second kappa shape index (κ2) is 32.1. The van der Waals surface area contributed by atoms with E-state index in [2.05, 4.69) is 6.58 Å². The Morgan fingerprint density at radius 1 is 0.443 bits per heavy atom. The topological polar surface area (TPSA) is 307 Å². The van der Waals surface area contributed by atoms with Crippen LogP contribution in [0.2, 0.25) is 0 Å². The smallest absolute Gasteiger partial charge is 0.299 e. The van der Waals surface area contributed by atoms with Crippen LogP contribution in [0, 0.1) is 38.5 Å². The van der Waals surface area contributed by atoms with Gasteiger partial charge in [-0.15, -0.1) is 25.3 Å². The van der Waals surface area contributed by atoms with Gasteiger partial charge in [0.25, 0.3) is 0 Å². The summed E-state index contributed by atoms with van der Waals surface area (Å²) in [6.07, 6.45) is 0.864. The van der Waals surface area contributed by atoms with Crippen LogP contribution in [0.1, 0.15) is 119 Å². The number of hydrogen-bond acceptors (Lipinski definition) is 18. The molecule has 0 saturated heterocycles. The van der Waals surface area contributed by atoms with Gasteiger partial charge in [0.1, 0.15) is 11.6 Å². The minimum Gasteiger partial charge on any atom is -0.299 e. The number of rotatable bonds is 23. The maximum absolute atomic E-state index is 13.6. The largest absolute Gasteiger partial charge is 0.425 e. The molecule has 426 valence electrons. The molecule has 5 aromatic rings. The fourth-order valence-electron chi connectivity index (χ4n) is 7.32. The first kappa shape index (κ1) is 70.0. The van der Waals surface area contributed by atoms with Gasteiger partial charge in [-0.25, -0.2) is 25.3 Å². The van der Waals surface area contributed by atoms with E-state index >= 15 is 0 Å². The Kier molecular flexibility index (Phi) is 28.5. The normalized spacial score (nSPS) is 11.7. The third-order valence-electron chi connectivity index (χ3n) is 11.8. The fraction of sp³-hybridized carbons (Fsp3) is 0.321. The van der Waals surface area contributed by atoms with Gasteiger partial charge in [0.15, 0.2) is 52.6 Å². The van der Waals surface area contributed by atoms with Crippen molar-refractivity contribution in [2.24, 2.45) is 17.8 Å². The number of hydrogen-bond donors (Lipinski definition) is 0. The van der Waals surface area contributed by atoms with Crippen molar-refractivity contribution in [2.45, 2.75) is 96.3 Å². The monoisotopic (exact) mass is 1180 g/mol. The summed E-state index contributed by atoms with van der Waals surface area (Å²) < 4.78 is 129. The summed E-state index contributed by atoms with van der Waals surface area (Å²) in [5.41, 5.74) is 3.67. The molecule has 18 nitrogen and oxygen atoms in total. The first-order chi connectivity index (χ1) is 36.2. The maximum Gasteiger partial charge on any atom is 0.425 e. The van der Waals surface area contributed by atoms with Crippen molar-refractivity contribution in [3.05, 3.63) is 172 Å². The summed E-state index contributed by atoms with van der Waals surface area (Å²) in [5, 5.41) is 0. The lowest BCUT2D eigenvalue weighted by Crippen LogP contribution is -2.31. The van der Waals surface area contributed by atoms with Gasteiger partial charge in [-0.2, -0.15) is 0 Å². The van der Waals surface area contributed by atoms with Gasteiger partial charge in [0.2, 0.25) is 0 Å². The van der Waals surface area contributed by atoms with Crippen LogP contribution in [0.15, 0.2) is 148 Å². The fourth-order valence-corrected chi connectivity index (χ4v) is 11.9. The number of carbonyl (C=O) groups excluding carboxylic acids is 6. The number of benzene rings is 5. The molecule has 0 fully saturated rings. The van der Waals surface area contributed by atoms with E-state index in [1.807, 2.05) is 20.8 Å². The summed E-state index contributed by atoms with van der Waals surface area (Å²) in [7, 11) is -17.9. The molecule has 0 amide bonds. The minimum atomic E-state index is -4.01. The van der Waals surface area contributed by atoms with E-state index in [-0.39, 0.29) is 80.7 Å². The number of carbonyl (C=O) groups is 6. The van der Waals surface area contributed by atoms with E-state index in [9.17, 15) is 54.0 Å². The van der Waals surface area contributed by atoms with Crippen molar-refractivity contribution < 1.29 is 79.3 Å². The molecular weight excluding hydrogens is 1120 g/mol. The van der Waals surface area contributed by atoms with Gasteiger partial charge < -0.3 is 0 Å². The van der Waals surface area contributed by atoms with Crippen LogP contribution in [-0.4, -0.2) is 102 Å². The van der Waals surface area contributed by atoms with Gasteiger partial charge in [0.05, 0.1) is 37.9 Å². The molecule has 0 spiro atoms. The minimum absolute atomic E-state index is 0. The molecule has 23 heteroatoms. The zero-order chi connectivity index (χ0) is 59.3. The average Bonchev–Trinajstić information content (AvgIpc) is 3.37. The number of ketones is 6. The summed E-state index contributed by atoms with van der Waals surface area (Å²) in [4.78, 5) is 74.8. The van der Waals surface area contributed by atoms with Gasteiger partial charge >= 0.3 is 21.2 Å². The Hall–Kier alpha value is -7.05. The Labute approximate surface area is 465 Å².